The van der Waals surface area contributed by atoms with E-state index in [1.807, 2.05) is 0 Å². The molecule has 2 aliphatic carbocycles. The monoisotopic (exact) mass is 483 g/mol. The van der Waals surface area contributed by atoms with Crippen LogP contribution in [0.25, 0.3) is 11.5 Å². The zero-order valence-electron chi connectivity index (χ0n) is 21.6. The molecule has 35 heavy (non-hydrogen) atoms. The van der Waals surface area contributed by atoms with Gasteiger partial charge < -0.3 is 19.0 Å². The number of carboxylic acids is 1. The molecule has 1 aromatic heterocycles. The van der Waals surface area contributed by atoms with Gasteiger partial charge in [0.05, 0.1) is 13.2 Å². The predicted molar refractivity (Wildman–Crippen MR) is 135 cm³/mol. The highest BCUT2D eigenvalue weighted by Crippen LogP contribution is 2.37. The van der Waals surface area contributed by atoms with Gasteiger partial charge in [0.2, 0.25) is 5.89 Å². The van der Waals surface area contributed by atoms with Crippen LogP contribution in [0.5, 0.6) is 0 Å². The fraction of sp³-hybridized carbons (Fsp3) is 0.655. The van der Waals surface area contributed by atoms with Crippen molar-refractivity contribution in [2.75, 3.05) is 13.2 Å². The van der Waals surface area contributed by atoms with Crippen molar-refractivity contribution in [3.8, 4) is 11.5 Å². The second-order valence-electron chi connectivity index (χ2n) is 11.1. The van der Waals surface area contributed by atoms with E-state index in [2.05, 4.69) is 31.2 Å². The number of carboxylic acid groups (broad SMARTS) is 1. The average molecular weight is 484 g/mol. The smallest absolute Gasteiger partial charge is 0.335 e. The Kier molecular flexibility index (Phi) is 8.66. The molecule has 0 bridgehead atoms. The Hall–Kier alpha value is -2.18. The lowest BCUT2D eigenvalue weighted by Crippen LogP contribution is -2.37. The van der Waals surface area contributed by atoms with Gasteiger partial charge in [-0.1, -0.05) is 43.4 Å². The lowest BCUT2D eigenvalue weighted by molar-refractivity contribution is -0.163. The number of rotatable bonds is 10. The predicted octanol–water partition coefficient (Wildman–Crippen LogP) is 6.90. The first-order valence-electron chi connectivity index (χ1n) is 13.3. The highest BCUT2D eigenvalue weighted by Gasteiger charge is 2.31. The molecule has 192 valence electrons. The summed E-state index contributed by atoms with van der Waals surface area (Å²) in [6, 6.07) is 8.34. The van der Waals surface area contributed by atoms with Crippen molar-refractivity contribution in [3.63, 3.8) is 0 Å². The zero-order chi connectivity index (χ0) is 24.8. The molecular weight excluding hydrogens is 442 g/mol. The number of benzene rings is 1. The first-order chi connectivity index (χ1) is 16.8. The highest BCUT2D eigenvalue weighted by atomic mass is 16.5. The molecule has 6 nitrogen and oxygen atoms in total. The molecule has 0 amide bonds. The van der Waals surface area contributed by atoms with Crippen molar-refractivity contribution in [2.24, 2.45) is 11.8 Å². The molecular formula is C29H41NO5. The summed E-state index contributed by atoms with van der Waals surface area (Å²) < 4.78 is 18.3. The molecule has 2 fully saturated rings. The number of hydrogen-bond donors (Lipinski definition) is 1. The third-order valence-electron chi connectivity index (χ3n) is 7.68. The van der Waals surface area contributed by atoms with Gasteiger partial charge in [0.25, 0.3) is 0 Å². The molecule has 0 aliphatic heterocycles. The van der Waals surface area contributed by atoms with E-state index in [0.717, 1.165) is 55.5 Å². The van der Waals surface area contributed by atoms with Crippen LogP contribution >= 0.6 is 0 Å². The molecule has 0 saturated heterocycles. The summed E-state index contributed by atoms with van der Waals surface area (Å²) >= 11 is 0. The Labute approximate surface area is 209 Å². The van der Waals surface area contributed by atoms with E-state index in [1.54, 1.807) is 13.8 Å². The number of ether oxygens (including phenoxy) is 2. The van der Waals surface area contributed by atoms with Crippen LogP contribution in [-0.4, -0.2) is 34.9 Å². The molecule has 2 saturated carbocycles. The zero-order valence-corrected chi connectivity index (χ0v) is 21.6. The quantitative estimate of drug-likeness (QED) is 0.396. The Morgan fingerprint density at radius 3 is 2.40 bits per heavy atom. The van der Waals surface area contributed by atoms with Crippen LogP contribution in [-0.2, 0) is 20.9 Å². The minimum Gasteiger partial charge on any atom is -0.479 e. The molecule has 2 unspecified atom stereocenters. The van der Waals surface area contributed by atoms with Crippen molar-refractivity contribution < 1.29 is 23.8 Å². The van der Waals surface area contributed by atoms with Gasteiger partial charge in [-0.2, -0.15) is 0 Å². The van der Waals surface area contributed by atoms with Crippen LogP contribution in [0.3, 0.4) is 0 Å². The van der Waals surface area contributed by atoms with Crippen molar-refractivity contribution in [1.29, 1.82) is 0 Å². The summed E-state index contributed by atoms with van der Waals surface area (Å²) in [4.78, 5) is 16.2. The molecule has 2 aliphatic rings. The van der Waals surface area contributed by atoms with E-state index in [4.69, 9.17) is 18.9 Å². The maximum atomic E-state index is 11.3. The van der Waals surface area contributed by atoms with Gasteiger partial charge in [-0.05, 0) is 76.8 Å². The van der Waals surface area contributed by atoms with Gasteiger partial charge in [-0.15, -0.1) is 0 Å². The van der Waals surface area contributed by atoms with Crippen LogP contribution < -0.4 is 0 Å². The number of aliphatic carboxylic acids is 1. The van der Waals surface area contributed by atoms with Gasteiger partial charge >= 0.3 is 5.97 Å². The van der Waals surface area contributed by atoms with Crippen LogP contribution in [0, 0.1) is 18.8 Å². The number of nitrogens with zero attached hydrogens (tertiary/aromatic N) is 1. The Balaban J connectivity index is 1.36. The normalized spacial score (nSPS) is 21.8. The van der Waals surface area contributed by atoms with Gasteiger partial charge in [0.15, 0.2) is 5.60 Å². The Morgan fingerprint density at radius 1 is 1.03 bits per heavy atom. The van der Waals surface area contributed by atoms with Crippen LogP contribution in [0.4, 0.5) is 0 Å². The fourth-order valence-electron chi connectivity index (χ4n) is 5.39. The van der Waals surface area contributed by atoms with Crippen molar-refractivity contribution in [1.82, 2.24) is 4.98 Å². The fourth-order valence-corrected chi connectivity index (χ4v) is 5.39. The number of aromatic nitrogens is 1. The highest BCUT2D eigenvalue weighted by molar-refractivity contribution is 5.76. The van der Waals surface area contributed by atoms with Gasteiger partial charge in [-0.25, -0.2) is 9.78 Å². The van der Waals surface area contributed by atoms with E-state index >= 15 is 0 Å². The SMILES string of the molecule is Cc1ccc(-c2nc(COCC3CCCC(COC(C)(C)C(=O)O)C3)c(C3CCCCC3)o2)cc1. The maximum Gasteiger partial charge on any atom is 0.335 e. The maximum absolute atomic E-state index is 11.3. The van der Waals surface area contributed by atoms with Gasteiger partial charge in [-0.3, -0.25) is 0 Å². The topological polar surface area (TPSA) is 81.8 Å². The first-order valence-corrected chi connectivity index (χ1v) is 13.3. The number of aryl methyl sites for hydroxylation is 1. The number of hydrogen-bond acceptors (Lipinski definition) is 5. The van der Waals surface area contributed by atoms with Gasteiger partial charge in [0, 0.05) is 18.1 Å². The summed E-state index contributed by atoms with van der Waals surface area (Å²) in [5.74, 6) is 2.08. The first kappa shape index (κ1) is 25.9. The molecule has 2 aromatic rings. The summed E-state index contributed by atoms with van der Waals surface area (Å²) in [6.07, 6.45) is 10.5. The summed E-state index contributed by atoms with van der Waals surface area (Å²) in [5, 5.41) is 9.29. The van der Waals surface area contributed by atoms with Crippen LogP contribution in [0.1, 0.15) is 94.6 Å². The van der Waals surface area contributed by atoms with E-state index in [0.29, 0.717) is 43.5 Å². The van der Waals surface area contributed by atoms with E-state index in [-0.39, 0.29) is 0 Å². The molecule has 1 aromatic carbocycles. The van der Waals surface area contributed by atoms with Crippen molar-refractivity contribution in [3.05, 3.63) is 41.3 Å². The summed E-state index contributed by atoms with van der Waals surface area (Å²) in [7, 11) is 0. The Bertz CT molecular complexity index is 958. The standard InChI is InChI=1S/C29H41NO5/c1-20-12-14-24(15-13-20)27-30-25(26(35-27)23-10-5-4-6-11-23)19-33-17-21-8-7-9-22(16-21)18-34-29(2,3)28(31)32/h12-15,21-23H,4-11,16-19H2,1-3H3,(H,31,32). The largest absolute Gasteiger partial charge is 0.479 e. The lowest BCUT2D eigenvalue weighted by Gasteiger charge is -2.31. The van der Waals surface area contributed by atoms with Crippen LogP contribution in [0.2, 0.25) is 0 Å². The summed E-state index contributed by atoms with van der Waals surface area (Å²) in [5.41, 5.74) is 2.05. The van der Waals surface area contributed by atoms with Gasteiger partial charge in [0.1, 0.15) is 11.5 Å². The molecule has 0 spiro atoms. The molecule has 6 heteroatoms. The molecule has 4 rings (SSSR count). The Morgan fingerprint density at radius 2 is 1.71 bits per heavy atom. The third kappa shape index (κ3) is 6.95. The molecule has 2 atom stereocenters. The van der Waals surface area contributed by atoms with E-state index < -0.39 is 11.6 Å². The summed E-state index contributed by atoms with van der Waals surface area (Å²) in [6.45, 7) is 6.98. The lowest BCUT2D eigenvalue weighted by atomic mass is 9.82. The molecule has 0 radical (unpaired) electrons. The minimum atomic E-state index is -1.14. The van der Waals surface area contributed by atoms with E-state index in [1.165, 1.54) is 24.8 Å². The molecule has 1 heterocycles. The minimum absolute atomic E-state index is 0.383. The third-order valence-corrected chi connectivity index (χ3v) is 7.68. The van der Waals surface area contributed by atoms with Crippen molar-refractivity contribution in [2.45, 2.75) is 96.7 Å². The number of carbonyl (C=O) groups is 1. The van der Waals surface area contributed by atoms with E-state index in [9.17, 15) is 9.90 Å². The van der Waals surface area contributed by atoms with Crippen molar-refractivity contribution >= 4 is 5.97 Å². The second-order valence-corrected chi connectivity index (χ2v) is 11.1. The number of oxazole rings is 1. The molecule has 1 N–H and O–H groups in total. The average Bonchev–Trinajstić information content (AvgIpc) is 3.28. The second kappa shape index (κ2) is 11.7. The van der Waals surface area contributed by atoms with Crippen LogP contribution in [0.15, 0.2) is 28.7 Å².